The molecule has 0 bridgehead atoms. The molecule has 214 valence electrons. The molecule has 0 unspecified atom stereocenters. The van der Waals surface area contributed by atoms with Crippen LogP contribution in [-0.2, 0) is 9.59 Å². The van der Waals surface area contributed by atoms with Crippen LogP contribution in [0.15, 0.2) is 102 Å². The van der Waals surface area contributed by atoms with Crippen molar-refractivity contribution < 1.29 is 23.9 Å². The van der Waals surface area contributed by atoms with Gasteiger partial charge < -0.3 is 15.4 Å². The van der Waals surface area contributed by atoms with Crippen molar-refractivity contribution in [1.82, 2.24) is 5.43 Å². The van der Waals surface area contributed by atoms with Gasteiger partial charge in [0.05, 0.1) is 22.5 Å². The van der Waals surface area contributed by atoms with E-state index < -0.39 is 23.7 Å². The van der Waals surface area contributed by atoms with Gasteiger partial charge in [0.25, 0.3) is 5.91 Å². The molecule has 1 aromatic heterocycles. The fourth-order valence-electron chi connectivity index (χ4n) is 3.87. The van der Waals surface area contributed by atoms with Gasteiger partial charge in [-0.1, -0.05) is 65.7 Å². The van der Waals surface area contributed by atoms with E-state index in [0.717, 1.165) is 10.1 Å². The number of para-hydroxylation sites is 1. The summed E-state index contributed by atoms with van der Waals surface area (Å²) in [6, 6.07) is 26.6. The maximum atomic E-state index is 12.8. The van der Waals surface area contributed by atoms with Crippen LogP contribution in [0.25, 0.3) is 10.1 Å². The van der Waals surface area contributed by atoms with Crippen molar-refractivity contribution in [2.75, 3.05) is 10.6 Å². The number of ether oxygens (including phenoxy) is 1. The number of thiophene rings is 1. The van der Waals surface area contributed by atoms with Crippen molar-refractivity contribution in [2.24, 2.45) is 5.10 Å². The summed E-state index contributed by atoms with van der Waals surface area (Å²) in [6.07, 6.45) is 1.28. The zero-order chi connectivity index (χ0) is 30.3. The summed E-state index contributed by atoms with van der Waals surface area (Å²) in [6.45, 7) is 0. The molecule has 43 heavy (non-hydrogen) atoms. The highest BCUT2D eigenvalue weighted by Crippen LogP contribution is 2.35. The first kappa shape index (κ1) is 29.5. The van der Waals surface area contributed by atoms with Gasteiger partial charge in [-0.25, -0.2) is 10.2 Å². The van der Waals surface area contributed by atoms with E-state index in [4.69, 9.17) is 27.9 Å². The first-order chi connectivity index (χ1) is 20.8. The summed E-state index contributed by atoms with van der Waals surface area (Å²) >= 11 is 13.5. The largest absolute Gasteiger partial charge is 0.422 e. The molecule has 0 aliphatic carbocycles. The number of nitrogens with one attached hydrogen (secondary N) is 3. The second kappa shape index (κ2) is 13.3. The highest BCUT2D eigenvalue weighted by molar-refractivity contribution is 7.21. The molecule has 0 fully saturated rings. The molecule has 12 heteroatoms. The Morgan fingerprint density at radius 1 is 0.791 bits per heavy atom. The molecule has 0 saturated carbocycles. The van der Waals surface area contributed by atoms with Gasteiger partial charge in [-0.2, -0.15) is 5.10 Å². The van der Waals surface area contributed by atoms with E-state index in [2.05, 4.69) is 21.2 Å². The van der Waals surface area contributed by atoms with Gasteiger partial charge in [-0.05, 0) is 60.2 Å². The molecule has 5 aromatic rings. The first-order valence-corrected chi connectivity index (χ1v) is 14.2. The van der Waals surface area contributed by atoms with E-state index >= 15 is 0 Å². The second-order valence-electron chi connectivity index (χ2n) is 8.86. The SMILES string of the molecule is O=C(N/N=C\c1cccc(OC(=O)c2sc3ccccc3c2Cl)c1)C(=O)Nc1ccccc1C(=O)Nc1ccc(Cl)cc1. The Morgan fingerprint density at radius 3 is 2.33 bits per heavy atom. The predicted octanol–water partition coefficient (Wildman–Crippen LogP) is 6.77. The monoisotopic (exact) mass is 630 g/mol. The lowest BCUT2D eigenvalue weighted by Gasteiger charge is -2.11. The number of hydrogen-bond donors (Lipinski definition) is 3. The maximum Gasteiger partial charge on any atom is 0.355 e. The molecule has 0 atom stereocenters. The van der Waals surface area contributed by atoms with E-state index in [-0.39, 0.29) is 21.9 Å². The van der Waals surface area contributed by atoms with Crippen LogP contribution in [0.1, 0.15) is 25.6 Å². The zero-order valence-electron chi connectivity index (χ0n) is 22.0. The minimum atomic E-state index is -1.06. The molecule has 5 rings (SSSR count). The molecule has 4 aromatic carbocycles. The van der Waals surface area contributed by atoms with Crippen LogP contribution < -0.4 is 20.8 Å². The van der Waals surface area contributed by atoms with Crippen molar-refractivity contribution in [3.63, 3.8) is 0 Å². The molecule has 0 aliphatic heterocycles. The molecule has 9 nitrogen and oxygen atoms in total. The van der Waals surface area contributed by atoms with Crippen LogP contribution >= 0.6 is 34.5 Å². The molecule has 3 N–H and O–H groups in total. The smallest absolute Gasteiger partial charge is 0.355 e. The maximum absolute atomic E-state index is 12.8. The average Bonchev–Trinajstić information content (AvgIpc) is 3.35. The number of benzene rings is 4. The summed E-state index contributed by atoms with van der Waals surface area (Å²) in [5, 5.41) is 10.6. The number of hydrazone groups is 1. The third-order valence-electron chi connectivity index (χ3n) is 5.90. The highest BCUT2D eigenvalue weighted by atomic mass is 35.5. The van der Waals surface area contributed by atoms with Crippen molar-refractivity contribution in [2.45, 2.75) is 0 Å². The highest BCUT2D eigenvalue weighted by Gasteiger charge is 2.20. The Morgan fingerprint density at radius 2 is 1.53 bits per heavy atom. The summed E-state index contributed by atoms with van der Waals surface area (Å²) in [5.41, 5.74) is 3.40. The number of carbonyl (C=O) groups is 4. The molecule has 0 saturated heterocycles. The van der Waals surface area contributed by atoms with Crippen molar-refractivity contribution in [1.29, 1.82) is 0 Å². The van der Waals surface area contributed by atoms with E-state index in [0.29, 0.717) is 21.3 Å². The fourth-order valence-corrected chi connectivity index (χ4v) is 5.38. The number of halogens is 2. The Labute approximate surface area is 259 Å². The minimum absolute atomic E-state index is 0.131. The van der Waals surface area contributed by atoms with Crippen LogP contribution in [0, 0.1) is 0 Å². The Hall–Kier alpha value is -5.03. The lowest BCUT2D eigenvalue weighted by atomic mass is 10.1. The molecule has 0 aliphatic rings. The van der Waals surface area contributed by atoms with Gasteiger partial charge in [0.1, 0.15) is 10.6 Å². The van der Waals surface area contributed by atoms with Gasteiger partial charge in [0, 0.05) is 20.8 Å². The number of rotatable bonds is 7. The second-order valence-corrected chi connectivity index (χ2v) is 10.7. The number of carbonyl (C=O) groups excluding carboxylic acids is 4. The quantitative estimate of drug-likeness (QED) is 0.0601. The third kappa shape index (κ3) is 7.25. The number of nitrogens with zero attached hydrogens (tertiary/aromatic N) is 1. The molecular weight excluding hydrogens is 611 g/mol. The van der Waals surface area contributed by atoms with Crippen LogP contribution in [0.5, 0.6) is 5.75 Å². The van der Waals surface area contributed by atoms with Gasteiger partial charge >= 0.3 is 17.8 Å². The van der Waals surface area contributed by atoms with Gasteiger partial charge in [-0.15, -0.1) is 11.3 Å². The lowest BCUT2D eigenvalue weighted by molar-refractivity contribution is -0.136. The van der Waals surface area contributed by atoms with E-state index in [1.165, 1.54) is 35.8 Å². The fraction of sp³-hybridized carbons (Fsp3) is 0. The summed E-state index contributed by atoms with van der Waals surface area (Å²) in [7, 11) is 0. The summed E-state index contributed by atoms with van der Waals surface area (Å²) in [4.78, 5) is 50.7. The topological polar surface area (TPSA) is 126 Å². The molecule has 3 amide bonds. The van der Waals surface area contributed by atoms with Crippen molar-refractivity contribution in [3.8, 4) is 5.75 Å². The lowest BCUT2D eigenvalue weighted by Crippen LogP contribution is -2.33. The number of hydrogen-bond acceptors (Lipinski definition) is 7. The predicted molar refractivity (Wildman–Crippen MR) is 168 cm³/mol. The number of fused-ring (bicyclic) bond motifs is 1. The van der Waals surface area contributed by atoms with E-state index in [1.54, 1.807) is 54.6 Å². The molecular formula is C31H20Cl2N4O5S. The molecule has 0 spiro atoms. The van der Waals surface area contributed by atoms with Crippen LogP contribution in [0.4, 0.5) is 11.4 Å². The van der Waals surface area contributed by atoms with Crippen LogP contribution in [0.3, 0.4) is 0 Å². The van der Waals surface area contributed by atoms with Crippen molar-refractivity contribution in [3.05, 3.63) is 123 Å². The van der Waals surface area contributed by atoms with Crippen LogP contribution in [-0.4, -0.2) is 29.9 Å². The molecule has 1 heterocycles. The third-order valence-corrected chi connectivity index (χ3v) is 7.80. The van der Waals surface area contributed by atoms with Gasteiger partial charge in [-0.3, -0.25) is 14.4 Å². The van der Waals surface area contributed by atoms with Crippen molar-refractivity contribution >= 4 is 85.9 Å². The Balaban J connectivity index is 1.18. The Kier molecular flexibility index (Phi) is 9.11. The molecule has 0 radical (unpaired) electrons. The first-order valence-electron chi connectivity index (χ1n) is 12.6. The summed E-state index contributed by atoms with van der Waals surface area (Å²) < 4.78 is 6.36. The minimum Gasteiger partial charge on any atom is -0.422 e. The number of esters is 1. The standard InChI is InChI=1S/C31H20Cl2N4O5S/c32-19-12-14-20(15-13-19)35-28(38)22-8-1-3-10-24(22)36-29(39)30(40)37-34-17-18-6-5-7-21(16-18)42-31(41)27-26(33)23-9-2-4-11-25(23)43-27/h1-17H,(H,35,38)(H,36,39)(H,37,40)/b34-17-. The summed E-state index contributed by atoms with van der Waals surface area (Å²) in [5.74, 6) is -2.96. The van der Waals surface area contributed by atoms with E-state index in [9.17, 15) is 19.2 Å². The number of anilines is 2. The van der Waals surface area contributed by atoms with Gasteiger partial charge in [0.2, 0.25) is 0 Å². The average molecular weight is 631 g/mol. The number of amides is 3. The Bertz CT molecular complexity index is 1890. The van der Waals surface area contributed by atoms with Gasteiger partial charge in [0.15, 0.2) is 0 Å². The van der Waals surface area contributed by atoms with Crippen LogP contribution in [0.2, 0.25) is 10.0 Å². The normalized spacial score (nSPS) is 10.8. The van der Waals surface area contributed by atoms with E-state index in [1.807, 2.05) is 24.3 Å². The zero-order valence-corrected chi connectivity index (χ0v) is 24.3.